The molecule has 6 nitrogen and oxygen atoms in total. The molecule has 2 aromatic carbocycles. The smallest absolute Gasteiger partial charge is 0.195 e. The summed E-state index contributed by atoms with van der Waals surface area (Å²) in [6, 6.07) is 13.7. The largest absolute Gasteiger partial charge is 0.494 e. The van der Waals surface area contributed by atoms with Gasteiger partial charge < -0.3 is 24.8 Å². The Morgan fingerprint density at radius 2 is 1.70 bits per heavy atom. The molecule has 0 aromatic heterocycles. The third-order valence-electron chi connectivity index (χ3n) is 3.77. The van der Waals surface area contributed by atoms with Gasteiger partial charge in [-0.05, 0) is 37.6 Å². The number of methoxy groups -OCH3 is 2. The summed E-state index contributed by atoms with van der Waals surface area (Å²) in [6.07, 6.45) is 0.862. The summed E-state index contributed by atoms with van der Waals surface area (Å²) in [7, 11) is 4.96. The van der Waals surface area contributed by atoms with Gasteiger partial charge in [-0.3, -0.25) is 4.99 Å². The normalized spacial score (nSPS) is 10.6. The maximum atomic E-state index is 5.72. The number of hydrogen-bond acceptors (Lipinski definition) is 4. The topological polar surface area (TPSA) is 64.1 Å². The molecule has 0 heterocycles. The lowest BCUT2D eigenvalue weighted by Gasteiger charge is -2.14. The molecule has 0 spiro atoms. The second-order valence-electron chi connectivity index (χ2n) is 5.71. The number of guanidine groups is 1. The first-order chi connectivity index (χ1) is 12.7. The van der Waals surface area contributed by atoms with Crippen molar-refractivity contribution in [3.63, 3.8) is 0 Å². The Morgan fingerprint density at radius 3 is 2.33 bits per heavy atom. The Labute approximate surface area is 178 Å². The molecule has 0 amide bonds. The molecule has 2 N–H and O–H groups in total. The zero-order valence-corrected chi connectivity index (χ0v) is 18.6. The Morgan fingerprint density at radius 1 is 1.00 bits per heavy atom. The molecule has 148 valence electrons. The summed E-state index contributed by atoms with van der Waals surface area (Å²) in [5.74, 6) is 2.93. The van der Waals surface area contributed by atoms with Gasteiger partial charge >= 0.3 is 0 Å². The highest BCUT2D eigenvalue weighted by Crippen LogP contribution is 2.29. The van der Waals surface area contributed by atoms with Crippen molar-refractivity contribution in [2.75, 3.05) is 39.7 Å². The number of halogens is 1. The van der Waals surface area contributed by atoms with Crippen LogP contribution in [0, 0.1) is 6.92 Å². The van der Waals surface area contributed by atoms with Crippen LogP contribution in [0.2, 0.25) is 0 Å². The van der Waals surface area contributed by atoms with Crippen LogP contribution in [-0.2, 0) is 0 Å². The van der Waals surface area contributed by atoms with Crippen LogP contribution in [-0.4, -0.2) is 40.4 Å². The minimum atomic E-state index is 0. The molecule has 0 unspecified atom stereocenters. The number of ether oxygens (including phenoxy) is 3. The molecule has 2 aromatic rings. The highest BCUT2D eigenvalue weighted by Gasteiger charge is 2.06. The van der Waals surface area contributed by atoms with E-state index in [-0.39, 0.29) is 24.0 Å². The van der Waals surface area contributed by atoms with E-state index < -0.39 is 0 Å². The van der Waals surface area contributed by atoms with Gasteiger partial charge in [0.1, 0.15) is 5.75 Å². The Balaban J connectivity index is 0.00000364. The first kappa shape index (κ1) is 22.9. The summed E-state index contributed by atoms with van der Waals surface area (Å²) in [6.45, 7) is 3.45. The molecule has 0 aliphatic carbocycles. The average molecular weight is 485 g/mol. The van der Waals surface area contributed by atoms with Crippen LogP contribution in [0.3, 0.4) is 0 Å². The maximum Gasteiger partial charge on any atom is 0.195 e. The number of benzene rings is 2. The van der Waals surface area contributed by atoms with Crippen LogP contribution in [0.25, 0.3) is 0 Å². The minimum absolute atomic E-state index is 0. The van der Waals surface area contributed by atoms with Gasteiger partial charge in [0.25, 0.3) is 0 Å². The van der Waals surface area contributed by atoms with E-state index in [2.05, 4.69) is 22.5 Å². The standard InChI is InChI=1S/C20H27N3O3.HI/c1-15-6-9-17(10-7-15)26-13-5-12-22-20(21-2)23-16-8-11-18(24-3)19(14-16)25-4;/h6-11,14H,5,12-13H2,1-4H3,(H2,21,22,23);1H. The summed E-state index contributed by atoms with van der Waals surface area (Å²) in [5.41, 5.74) is 2.09. The molecule has 0 radical (unpaired) electrons. The molecular weight excluding hydrogens is 457 g/mol. The van der Waals surface area contributed by atoms with E-state index in [4.69, 9.17) is 14.2 Å². The fourth-order valence-electron chi connectivity index (χ4n) is 2.33. The molecule has 0 aliphatic rings. The monoisotopic (exact) mass is 485 g/mol. The molecule has 0 atom stereocenters. The van der Waals surface area contributed by atoms with E-state index in [1.54, 1.807) is 21.3 Å². The zero-order chi connectivity index (χ0) is 18.8. The van der Waals surface area contributed by atoms with E-state index in [9.17, 15) is 0 Å². The van der Waals surface area contributed by atoms with Crippen molar-refractivity contribution in [2.45, 2.75) is 13.3 Å². The van der Waals surface area contributed by atoms with Crippen LogP contribution < -0.4 is 24.8 Å². The first-order valence-electron chi connectivity index (χ1n) is 8.55. The van der Waals surface area contributed by atoms with Gasteiger partial charge in [-0.25, -0.2) is 0 Å². The number of nitrogens with one attached hydrogen (secondary N) is 2. The van der Waals surface area contributed by atoms with Gasteiger partial charge in [0.05, 0.1) is 20.8 Å². The van der Waals surface area contributed by atoms with E-state index in [0.717, 1.165) is 24.4 Å². The minimum Gasteiger partial charge on any atom is -0.494 e. The van der Waals surface area contributed by atoms with Crippen molar-refractivity contribution in [2.24, 2.45) is 4.99 Å². The summed E-state index contributed by atoms with van der Waals surface area (Å²) in [5, 5.41) is 6.50. The predicted molar refractivity (Wildman–Crippen MR) is 121 cm³/mol. The fraction of sp³-hybridized carbons (Fsp3) is 0.350. The summed E-state index contributed by atoms with van der Waals surface area (Å²) < 4.78 is 16.3. The molecule has 0 fully saturated rings. The number of aliphatic imine (C=N–C) groups is 1. The van der Waals surface area contributed by atoms with Crippen molar-refractivity contribution in [3.8, 4) is 17.2 Å². The quantitative estimate of drug-likeness (QED) is 0.255. The lowest BCUT2D eigenvalue weighted by molar-refractivity contribution is 0.311. The van der Waals surface area contributed by atoms with Crippen LogP contribution in [0.4, 0.5) is 5.69 Å². The van der Waals surface area contributed by atoms with Crippen LogP contribution in [0.15, 0.2) is 47.5 Å². The zero-order valence-electron chi connectivity index (χ0n) is 16.2. The molecule has 0 saturated carbocycles. The van der Waals surface area contributed by atoms with Gasteiger partial charge in [0.2, 0.25) is 0 Å². The van der Waals surface area contributed by atoms with Gasteiger partial charge in [0.15, 0.2) is 17.5 Å². The number of anilines is 1. The van der Waals surface area contributed by atoms with Gasteiger partial charge in [-0.15, -0.1) is 24.0 Å². The van der Waals surface area contributed by atoms with Gasteiger partial charge in [0, 0.05) is 25.3 Å². The van der Waals surface area contributed by atoms with Gasteiger partial charge in [-0.1, -0.05) is 17.7 Å². The molecule has 0 aliphatic heterocycles. The van der Waals surface area contributed by atoms with E-state index in [0.29, 0.717) is 24.1 Å². The van der Waals surface area contributed by atoms with Crippen molar-refractivity contribution in [1.82, 2.24) is 5.32 Å². The molecular formula is C20H28IN3O3. The highest BCUT2D eigenvalue weighted by molar-refractivity contribution is 14.0. The third-order valence-corrected chi connectivity index (χ3v) is 3.77. The summed E-state index contributed by atoms with van der Waals surface area (Å²) in [4.78, 5) is 4.23. The third kappa shape index (κ3) is 7.54. The van der Waals surface area contributed by atoms with Crippen molar-refractivity contribution in [3.05, 3.63) is 48.0 Å². The van der Waals surface area contributed by atoms with Crippen LogP contribution >= 0.6 is 24.0 Å². The Hall–Kier alpha value is -2.16. The maximum absolute atomic E-state index is 5.72. The SMILES string of the molecule is CN=C(NCCCOc1ccc(C)cc1)Nc1ccc(OC)c(OC)c1.I. The van der Waals surface area contributed by atoms with Crippen molar-refractivity contribution >= 4 is 35.6 Å². The second-order valence-corrected chi connectivity index (χ2v) is 5.71. The van der Waals surface area contributed by atoms with Crippen LogP contribution in [0.1, 0.15) is 12.0 Å². The molecule has 27 heavy (non-hydrogen) atoms. The van der Waals surface area contributed by atoms with Gasteiger partial charge in [-0.2, -0.15) is 0 Å². The van der Waals surface area contributed by atoms with E-state index >= 15 is 0 Å². The number of nitrogens with zero attached hydrogens (tertiary/aromatic N) is 1. The summed E-state index contributed by atoms with van der Waals surface area (Å²) >= 11 is 0. The molecule has 0 bridgehead atoms. The molecule has 0 saturated heterocycles. The number of aryl methyl sites for hydroxylation is 1. The molecule has 7 heteroatoms. The lowest BCUT2D eigenvalue weighted by Crippen LogP contribution is -2.32. The lowest BCUT2D eigenvalue weighted by atomic mass is 10.2. The van der Waals surface area contributed by atoms with Crippen LogP contribution in [0.5, 0.6) is 17.2 Å². The Bertz CT molecular complexity index is 721. The van der Waals surface area contributed by atoms with Crippen molar-refractivity contribution < 1.29 is 14.2 Å². The number of rotatable bonds is 8. The molecule has 2 rings (SSSR count). The van der Waals surface area contributed by atoms with E-state index in [1.165, 1.54) is 5.56 Å². The predicted octanol–water partition coefficient (Wildman–Crippen LogP) is 4.09. The first-order valence-corrected chi connectivity index (χ1v) is 8.55. The average Bonchev–Trinajstić information content (AvgIpc) is 2.68. The second kappa shape index (κ2) is 12.3. The fourth-order valence-corrected chi connectivity index (χ4v) is 2.33. The Kier molecular flexibility index (Phi) is 10.4. The van der Waals surface area contributed by atoms with Crippen molar-refractivity contribution in [1.29, 1.82) is 0 Å². The number of hydrogen-bond donors (Lipinski definition) is 2. The van der Waals surface area contributed by atoms with E-state index in [1.807, 2.05) is 42.5 Å². The highest BCUT2D eigenvalue weighted by atomic mass is 127.